The van der Waals surface area contributed by atoms with E-state index >= 15 is 0 Å². The molecule has 0 fully saturated rings. The van der Waals surface area contributed by atoms with Gasteiger partial charge in [0.15, 0.2) is 5.78 Å². The normalized spacial score (nSPS) is 10.8. The summed E-state index contributed by atoms with van der Waals surface area (Å²) in [6.45, 7) is 6.67. The lowest BCUT2D eigenvalue weighted by molar-refractivity contribution is 0.0958. The quantitative estimate of drug-likeness (QED) is 0.678. The first-order chi connectivity index (χ1) is 9.13. The van der Waals surface area contributed by atoms with Crippen molar-refractivity contribution in [2.45, 2.75) is 26.7 Å². The number of carbonyl (C=O) groups is 1. The number of carbonyl (C=O) groups excluding carboxylic acids is 1. The van der Waals surface area contributed by atoms with Gasteiger partial charge in [0, 0.05) is 13.0 Å². The second-order valence-corrected chi connectivity index (χ2v) is 4.42. The van der Waals surface area contributed by atoms with Crippen molar-refractivity contribution in [3.63, 3.8) is 0 Å². The minimum atomic E-state index is -0.511. The average Bonchev–Trinajstić information content (AvgIpc) is 2.42. The van der Waals surface area contributed by atoms with E-state index in [0.29, 0.717) is 18.7 Å². The van der Waals surface area contributed by atoms with Gasteiger partial charge >= 0.3 is 0 Å². The van der Waals surface area contributed by atoms with Crippen molar-refractivity contribution in [2.24, 2.45) is 0 Å². The Morgan fingerprint density at radius 3 is 2.63 bits per heavy atom. The van der Waals surface area contributed by atoms with E-state index in [2.05, 4.69) is 18.7 Å². The highest BCUT2D eigenvalue weighted by Gasteiger charge is 2.17. The molecule has 1 aromatic carbocycles. The Kier molecular flexibility index (Phi) is 6.50. The molecule has 0 N–H and O–H groups in total. The standard InChI is InChI=1S/C15H22FNO2/c1-4-10-17(5-2)11-9-13(18)15-12(16)7-6-8-14(15)19-3/h6-8H,4-5,9-11H2,1-3H3. The van der Waals surface area contributed by atoms with Gasteiger partial charge < -0.3 is 9.64 Å². The highest BCUT2D eigenvalue weighted by Crippen LogP contribution is 2.22. The Labute approximate surface area is 114 Å². The van der Waals surface area contributed by atoms with Crippen LogP contribution < -0.4 is 4.74 Å². The van der Waals surface area contributed by atoms with Crippen LogP contribution in [0.2, 0.25) is 0 Å². The summed E-state index contributed by atoms with van der Waals surface area (Å²) >= 11 is 0. The number of nitrogens with zero attached hydrogens (tertiary/aromatic N) is 1. The first-order valence-electron chi connectivity index (χ1n) is 6.72. The minimum Gasteiger partial charge on any atom is -0.496 e. The number of halogens is 1. The van der Waals surface area contributed by atoms with E-state index < -0.39 is 5.82 Å². The van der Waals surface area contributed by atoms with Gasteiger partial charge in [-0.3, -0.25) is 4.79 Å². The van der Waals surface area contributed by atoms with E-state index in [9.17, 15) is 9.18 Å². The van der Waals surface area contributed by atoms with Crippen molar-refractivity contribution >= 4 is 5.78 Å². The molecule has 0 saturated carbocycles. The fourth-order valence-corrected chi connectivity index (χ4v) is 2.07. The zero-order chi connectivity index (χ0) is 14.3. The molecule has 0 amide bonds. The van der Waals surface area contributed by atoms with Crippen molar-refractivity contribution in [1.82, 2.24) is 4.90 Å². The van der Waals surface area contributed by atoms with Crippen molar-refractivity contribution in [3.8, 4) is 5.75 Å². The van der Waals surface area contributed by atoms with Crippen molar-refractivity contribution < 1.29 is 13.9 Å². The Morgan fingerprint density at radius 1 is 1.32 bits per heavy atom. The summed E-state index contributed by atoms with van der Waals surface area (Å²) in [6.07, 6.45) is 1.36. The second-order valence-electron chi connectivity index (χ2n) is 4.42. The van der Waals surface area contributed by atoms with Crippen LogP contribution >= 0.6 is 0 Å². The Balaban J connectivity index is 2.73. The third-order valence-electron chi connectivity index (χ3n) is 3.12. The zero-order valence-corrected chi connectivity index (χ0v) is 11.9. The summed E-state index contributed by atoms with van der Waals surface area (Å²) in [5.41, 5.74) is 0.0672. The molecule has 1 rings (SSSR count). The summed E-state index contributed by atoms with van der Waals surface area (Å²) in [4.78, 5) is 14.3. The number of ether oxygens (including phenoxy) is 1. The molecule has 106 valence electrons. The smallest absolute Gasteiger partial charge is 0.170 e. The van der Waals surface area contributed by atoms with Crippen LogP contribution in [0, 0.1) is 5.82 Å². The number of benzene rings is 1. The maximum Gasteiger partial charge on any atom is 0.170 e. The molecule has 19 heavy (non-hydrogen) atoms. The number of hydrogen-bond donors (Lipinski definition) is 0. The van der Waals surface area contributed by atoms with E-state index in [0.717, 1.165) is 19.5 Å². The summed E-state index contributed by atoms with van der Waals surface area (Å²) in [6, 6.07) is 4.44. The van der Waals surface area contributed by atoms with Gasteiger partial charge in [0.2, 0.25) is 0 Å². The molecular formula is C15H22FNO2. The van der Waals surface area contributed by atoms with Crippen LogP contribution in [0.25, 0.3) is 0 Å². The second kappa shape index (κ2) is 7.89. The number of Topliss-reactive ketones (excluding diaryl/α,β-unsaturated/α-hetero) is 1. The van der Waals surface area contributed by atoms with E-state index in [4.69, 9.17) is 4.74 Å². The van der Waals surface area contributed by atoms with Gasteiger partial charge in [0.05, 0.1) is 12.7 Å². The third kappa shape index (κ3) is 4.31. The van der Waals surface area contributed by atoms with Crippen LogP contribution in [0.4, 0.5) is 4.39 Å². The maximum absolute atomic E-state index is 13.7. The van der Waals surface area contributed by atoms with Gasteiger partial charge in [-0.05, 0) is 31.6 Å². The molecule has 0 aliphatic carbocycles. The van der Waals surface area contributed by atoms with Crippen molar-refractivity contribution in [1.29, 1.82) is 0 Å². The lowest BCUT2D eigenvalue weighted by Crippen LogP contribution is -2.27. The topological polar surface area (TPSA) is 29.5 Å². The molecule has 0 spiro atoms. The van der Waals surface area contributed by atoms with Gasteiger partial charge in [0.1, 0.15) is 11.6 Å². The SMILES string of the molecule is CCCN(CC)CCC(=O)c1c(F)cccc1OC. The molecule has 0 radical (unpaired) electrons. The lowest BCUT2D eigenvalue weighted by atomic mass is 10.1. The van der Waals surface area contributed by atoms with Gasteiger partial charge in [-0.2, -0.15) is 0 Å². The number of ketones is 1. The van der Waals surface area contributed by atoms with Crippen molar-refractivity contribution in [2.75, 3.05) is 26.7 Å². The summed E-state index contributed by atoms with van der Waals surface area (Å²) < 4.78 is 18.8. The van der Waals surface area contributed by atoms with Crippen LogP contribution in [0.5, 0.6) is 5.75 Å². The molecular weight excluding hydrogens is 245 g/mol. The maximum atomic E-state index is 13.7. The van der Waals surface area contributed by atoms with Gasteiger partial charge in [0.25, 0.3) is 0 Å². The number of hydrogen-bond acceptors (Lipinski definition) is 3. The molecule has 0 aliphatic rings. The predicted molar refractivity (Wildman–Crippen MR) is 74.3 cm³/mol. The molecule has 0 atom stereocenters. The van der Waals surface area contributed by atoms with E-state index in [-0.39, 0.29) is 11.3 Å². The fraction of sp³-hybridized carbons (Fsp3) is 0.533. The first-order valence-corrected chi connectivity index (χ1v) is 6.72. The Bertz CT molecular complexity index is 421. The predicted octanol–water partition coefficient (Wildman–Crippen LogP) is 3.14. The first kappa shape index (κ1) is 15.6. The van der Waals surface area contributed by atoms with Gasteiger partial charge in [-0.25, -0.2) is 4.39 Å². The van der Waals surface area contributed by atoms with E-state index in [1.165, 1.54) is 13.2 Å². The van der Waals surface area contributed by atoms with Gasteiger partial charge in [-0.15, -0.1) is 0 Å². The zero-order valence-electron chi connectivity index (χ0n) is 11.9. The molecule has 3 nitrogen and oxygen atoms in total. The van der Waals surface area contributed by atoms with Crippen LogP contribution in [0.1, 0.15) is 37.0 Å². The molecule has 0 unspecified atom stereocenters. The van der Waals surface area contributed by atoms with E-state index in [1.807, 2.05) is 0 Å². The summed E-state index contributed by atoms with van der Waals surface area (Å²) in [7, 11) is 1.45. The van der Waals surface area contributed by atoms with Crippen LogP contribution in [-0.4, -0.2) is 37.4 Å². The number of methoxy groups -OCH3 is 1. The average molecular weight is 267 g/mol. The van der Waals surface area contributed by atoms with Crippen LogP contribution in [-0.2, 0) is 0 Å². The monoisotopic (exact) mass is 267 g/mol. The molecule has 0 aromatic heterocycles. The largest absolute Gasteiger partial charge is 0.496 e. The highest BCUT2D eigenvalue weighted by molar-refractivity contribution is 5.99. The third-order valence-corrected chi connectivity index (χ3v) is 3.12. The van der Waals surface area contributed by atoms with Crippen LogP contribution in [0.3, 0.4) is 0 Å². The molecule has 4 heteroatoms. The Hall–Kier alpha value is -1.42. The highest BCUT2D eigenvalue weighted by atomic mass is 19.1. The van der Waals surface area contributed by atoms with E-state index in [1.54, 1.807) is 12.1 Å². The lowest BCUT2D eigenvalue weighted by Gasteiger charge is -2.19. The minimum absolute atomic E-state index is 0.0672. The summed E-state index contributed by atoms with van der Waals surface area (Å²) in [5, 5.41) is 0. The Morgan fingerprint density at radius 2 is 2.05 bits per heavy atom. The fourth-order valence-electron chi connectivity index (χ4n) is 2.07. The molecule has 0 saturated heterocycles. The molecule has 1 aromatic rings. The number of rotatable bonds is 8. The molecule has 0 aliphatic heterocycles. The molecule has 0 heterocycles. The molecule has 0 bridgehead atoms. The summed E-state index contributed by atoms with van der Waals surface area (Å²) in [5.74, 6) is -0.407. The van der Waals surface area contributed by atoms with Gasteiger partial charge in [-0.1, -0.05) is 19.9 Å². The van der Waals surface area contributed by atoms with Crippen molar-refractivity contribution in [3.05, 3.63) is 29.6 Å². The van der Waals surface area contributed by atoms with Crippen LogP contribution in [0.15, 0.2) is 18.2 Å².